The number of para-hydroxylation sites is 1. The summed E-state index contributed by atoms with van der Waals surface area (Å²) in [6, 6.07) is 12.8. The quantitative estimate of drug-likeness (QED) is 0.618. The zero-order valence-electron chi connectivity index (χ0n) is 9.67. The van der Waals surface area contributed by atoms with E-state index >= 15 is 0 Å². The van der Waals surface area contributed by atoms with E-state index in [4.69, 9.17) is 4.74 Å². The van der Waals surface area contributed by atoms with E-state index in [1.807, 2.05) is 30.3 Å². The van der Waals surface area contributed by atoms with Gasteiger partial charge in [-0.3, -0.25) is 4.79 Å². The number of H-pyrrole nitrogens is 1. The third kappa shape index (κ3) is 3.79. The zero-order valence-corrected chi connectivity index (χ0v) is 9.67. The van der Waals surface area contributed by atoms with Crippen molar-refractivity contribution in [3.8, 4) is 5.75 Å². The van der Waals surface area contributed by atoms with Gasteiger partial charge in [-0.25, -0.2) is 5.43 Å². The predicted octanol–water partition coefficient (Wildman–Crippen LogP) is 1.54. The van der Waals surface area contributed by atoms with Crippen LogP contribution in [0.1, 0.15) is 5.69 Å². The molecular formula is C13H13N3O2. The Morgan fingerprint density at radius 1 is 1.28 bits per heavy atom. The van der Waals surface area contributed by atoms with Gasteiger partial charge < -0.3 is 9.72 Å². The Morgan fingerprint density at radius 2 is 2.11 bits per heavy atom. The number of benzene rings is 1. The highest BCUT2D eigenvalue weighted by Gasteiger charge is 2.00. The Morgan fingerprint density at radius 3 is 2.83 bits per heavy atom. The number of amides is 1. The number of hydrogen-bond donors (Lipinski definition) is 2. The predicted molar refractivity (Wildman–Crippen MR) is 68.5 cm³/mol. The first-order valence-corrected chi connectivity index (χ1v) is 5.48. The fourth-order valence-electron chi connectivity index (χ4n) is 1.30. The number of carbonyl (C=O) groups is 1. The van der Waals surface area contributed by atoms with Crippen molar-refractivity contribution in [2.45, 2.75) is 0 Å². The van der Waals surface area contributed by atoms with Crippen LogP contribution in [0.15, 0.2) is 53.8 Å². The Hall–Kier alpha value is -2.56. The Kier molecular flexibility index (Phi) is 4.13. The second-order valence-electron chi connectivity index (χ2n) is 3.52. The van der Waals surface area contributed by atoms with Gasteiger partial charge in [0, 0.05) is 6.20 Å². The lowest BCUT2D eigenvalue weighted by molar-refractivity contribution is -0.123. The van der Waals surface area contributed by atoms with Crippen LogP contribution in [0.4, 0.5) is 0 Å². The van der Waals surface area contributed by atoms with Crippen molar-refractivity contribution in [2.24, 2.45) is 5.10 Å². The minimum Gasteiger partial charge on any atom is -0.484 e. The number of hydrogen-bond acceptors (Lipinski definition) is 3. The monoisotopic (exact) mass is 243 g/mol. The largest absolute Gasteiger partial charge is 0.484 e. The molecule has 0 aliphatic carbocycles. The Balaban J connectivity index is 1.73. The summed E-state index contributed by atoms with van der Waals surface area (Å²) in [5.41, 5.74) is 3.20. The van der Waals surface area contributed by atoms with E-state index in [1.54, 1.807) is 18.3 Å². The van der Waals surface area contributed by atoms with Crippen molar-refractivity contribution in [3.63, 3.8) is 0 Å². The molecule has 2 aromatic rings. The minimum absolute atomic E-state index is 0.0634. The average molecular weight is 243 g/mol. The molecule has 0 spiro atoms. The summed E-state index contributed by atoms with van der Waals surface area (Å²) in [7, 11) is 0. The number of hydrazone groups is 1. The molecule has 0 aliphatic heterocycles. The van der Waals surface area contributed by atoms with Gasteiger partial charge in [0.1, 0.15) is 5.75 Å². The van der Waals surface area contributed by atoms with Crippen LogP contribution in [0.2, 0.25) is 0 Å². The van der Waals surface area contributed by atoms with Crippen molar-refractivity contribution >= 4 is 12.1 Å². The fourth-order valence-corrected chi connectivity index (χ4v) is 1.30. The summed E-state index contributed by atoms with van der Waals surface area (Å²) in [5.74, 6) is 0.350. The summed E-state index contributed by atoms with van der Waals surface area (Å²) in [4.78, 5) is 14.3. The molecular weight excluding hydrogens is 230 g/mol. The molecule has 1 aromatic carbocycles. The van der Waals surface area contributed by atoms with Crippen molar-refractivity contribution in [1.29, 1.82) is 0 Å². The summed E-state index contributed by atoms with van der Waals surface area (Å²) < 4.78 is 5.26. The lowest BCUT2D eigenvalue weighted by Crippen LogP contribution is -2.24. The summed E-state index contributed by atoms with van der Waals surface area (Å²) in [6.07, 6.45) is 3.31. The molecule has 0 unspecified atom stereocenters. The molecule has 5 nitrogen and oxygen atoms in total. The molecule has 0 bridgehead atoms. The number of aromatic nitrogens is 1. The molecule has 0 fully saturated rings. The van der Waals surface area contributed by atoms with Gasteiger partial charge in [0.15, 0.2) is 6.61 Å². The molecule has 0 aliphatic rings. The first-order chi connectivity index (χ1) is 8.84. The number of rotatable bonds is 5. The van der Waals surface area contributed by atoms with E-state index < -0.39 is 0 Å². The van der Waals surface area contributed by atoms with Crippen LogP contribution in [-0.4, -0.2) is 23.7 Å². The smallest absolute Gasteiger partial charge is 0.277 e. The van der Waals surface area contributed by atoms with Crippen molar-refractivity contribution < 1.29 is 9.53 Å². The lowest BCUT2D eigenvalue weighted by atomic mass is 10.3. The molecule has 0 radical (unpaired) electrons. The summed E-state index contributed by atoms with van der Waals surface area (Å²) in [6.45, 7) is -0.0634. The minimum atomic E-state index is -0.304. The van der Waals surface area contributed by atoms with Crippen LogP contribution in [0.5, 0.6) is 5.75 Å². The summed E-state index contributed by atoms with van der Waals surface area (Å²) >= 11 is 0. The van der Waals surface area contributed by atoms with Crippen molar-refractivity contribution in [1.82, 2.24) is 10.4 Å². The lowest BCUT2D eigenvalue weighted by Gasteiger charge is -2.03. The second-order valence-corrected chi connectivity index (χ2v) is 3.52. The molecule has 0 atom stereocenters. The molecule has 1 amide bonds. The topological polar surface area (TPSA) is 66.5 Å². The molecule has 1 heterocycles. The van der Waals surface area contributed by atoms with Gasteiger partial charge in [-0.1, -0.05) is 18.2 Å². The number of carbonyl (C=O) groups excluding carboxylic acids is 1. The fraction of sp³-hybridized carbons (Fsp3) is 0.0769. The first kappa shape index (κ1) is 11.9. The third-order valence-electron chi connectivity index (χ3n) is 2.13. The maximum atomic E-state index is 11.4. The van der Waals surface area contributed by atoms with Gasteiger partial charge >= 0.3 is 0 Å². The highest BCUT2D eigenvalue weighted by molar-refractivity contribution is 5.81. The van der Waals surface area contributed by atoms with Crippen LogP contribution in [-0.2, 0) is 4.79 Å². The highest BCUT2D eigenvalue weighted by Crippen LogP contribution is 2.07. The number of aromatic amines is 1. The van der Waals surface area contributed by atoms with E-state index in [1.165, 1.54) is 6.21 Å². The van der Waals surface area contributed by atoms with Crippen molar-refractivity contribution in [3.05, 3.63) is 54.4 Å². The van der Waals surface area contributed by atoms with Crippen LogP contribution < -0.4 is 10.2 Å². The van der Waals surface area contributed by atoms with E-state index in [-0.39, 0.29) is 12.5 Å². The van der Waals surface area contributed by atoms with Gasteiger partial charge in [0.25, 0.3) is 5.91 Å². The molecule has 2 N–H and O–H groups in total. The molecule has 92 valence electrons. The van der Waals surface area contributed by atoms with E-state index in [0.717, 1.165) is 5.69 Å². The molecule has 2 rings (SSSR count). The van der Waals surface area contributed by atoms with E-state index in [2.05, 4.69) is 15.5 Å². The first-order valence-electron chi connectivity index (χ1n) is 5.48. The van der Waals surface area contributed by atoms with E-state index in [9.17, 15) is 4.79 Å². The van der Waals surface area contributed by atoms with Crippen molar-refractivity contribution in [2.75, 3.05) is 6.61 Å². The maximum Gasteiger partial charge on any atom is 0.277 e. The van der Waals surface area contributed by atoms with Gasteiger partial charge in [-0.15, -0.1) is 0 Å². The average Bonchev–Trinajstić information content (AvgIpc) is 2.91. The van der Waals surface area contributed by atoms with Crippen LogP contribution in [0.3, 0.4) is 0 Å². The van der Waals surface area contributed by atoms with Gasteiger partial charge in [-0.2, -0.15) is 5.10 Å². The number of ether oxygens (including phenoxy) is 1. The SMILES string of the molecule is O=C(COc1ccccc1)NN=Cc1ccc[nH]1. The molecule has 18 heavy (non-hydrogen) atoms. The molecule has 1 aromatic heterocycles. The Labute approximate surface area is 104 Å². The normalized spacial score (nSPS) is 10.4. The Bertz CT molecular complexity index is 506. The van der Waals surface area contributed by atoms with E-state index in [0.29, 0.717) is 5.75 Å². The molecule has 5 heteroatoms. The van der Waals surface area contributed by atoms with Gasteiger partial charge in [0.2, 0.25) is 0 Å². The maximum absolute atomic E-state index is 11.4. The number of nitrogens with one attached hydrogen (secondary N) is 2. The third-order valence-corrected chi connectivity index (χ3v) is 2.13. The van der Waals surface area contributed by atoms with Gasteiger partial charge in [-0.05, 0) is 24.3 Å². The number of nitrogens with zero attached hydrogens (tertiary/aromatic N) is 1. The summed E-state index contributed by atoms with van der Waals surface area (Å²) in [5, 5.41) is 3.79. The van der Waals surface area contributed by atoms with Crippen LogP contribution >= 0.6 is 0 Å². The zero-order chi connectivity index (χ0) is 12.6. The van der Waals surface area contributed by atoms with Crippen LogP contribution in [0, 0.1) is 0 Å². The molecule has 0 saturated carbocycles. The van der Waals surface area contributed by atoms with Crippen LogP contribution in [0.25, 0.3) is 0 Å². The van der Waals surface area contributed by atoms with Gasteiger partial charge in [0.05, 0.1) is 11.9 Å². The highest BCUT2D eigenvalue weighted by atomic mass is 16.5. The standard InChI is InChI=1S/C13H13N3O2/c17-13(10-18-12-6-2-1-3-7-12)16-15-9-11-5-4-8-14-11/h1-9,14H,10H2,(H,16,17). The second kappa shape index (κ2) is 6.24. The molecule has 0 saturated heterocycles.